The van der Waals surface area contributed by atoms with Gasteiger partial charge in [-0.05, 0) is 30.6 Å². The van der Waals surface area contributed by atoms with Crippen LogP contribution in [0.15, 0.2) is 18.2 Å². The van der Waals surface area contributed by atoms with Gasteiger partial charge in [0.2, 0.25) is 5.24 Å². The number of rotatable bonds is 8. The van der Waals surface area contributed by atoms with Gasteiger partial charge in [-0.25, -0.2) is 0 Å². The third kappa shape index (κ3) is 5.68. The maximum absolute atomic E-state index is 10.8. The van der Waals surface area contributed by atoms with Crippen molar-refractivity contribution >= 4 is 16.8 Å². The lowest BCUT2D eigenvalue weighted by Crippen LogP contribution is -2.46. The maximum atomic E-state index is 10.8. The second-order valence-corrected chi connectivity index (χ2v) is 6.18. The number of carbonyl (C=O) groups excluding carboxylic acids is 1. The summed E-state index contributed by atoms with van der Waals surface area (Å²) in [6.45, 7) is 5.90. The van der Waals surface area contributed by atoms with Gasteiger partial charge < -0.3 is 14.4 Å². The van der Waals surface area contributed by atoms with Gasteiger partial charge in [-0.3, -0.25) is 9.69 Å². The maximum Gasteiger partial charge on any atom is 0.221 e. The standard InChI is InChI=1S/C17H25ClN2O3/c1-22-15-6-5-14(16(12-15)23-2)13-20-10-8-19(9-11-20)7-3-4-17(18)21/h5-6,12H,3-4,7-11,13H2,1-2H3. The number of hydrogen-bond donors (Lipinski definition) is 0. The summed E-state index contributed by atoms with van der Waals surface area (Å²) in [5.74, 6) is 1.68. The molecule has 1 fully saturated rings. The molecule has 5 nitrogen and oxygen atoms in total. The second-order valence-electron chi connectivity index (χ2n) is 5.75. The lowest BCUT2D eigenvalue weighted by Gasteiger charge is -2.34. The lowest BCUT2D eigenvalue weighted by atomic mass is 10.1. The fourth-order valence-corrected chi connectivity index (χ4v) is 2.97. The normalized spacial score (nSPS) is 16.3. The first kappa shape index (κ1) is 18.0. The van der Waals surface area contributed by atoms with E-state index in [-0.39, 0.29) is 5.24 Å². The van der Waals surface area contributed by atoms with E-state index in [2.05, 4.69) is 15.9 Å². The molecule has 0 amide bonds. The summed E-state index contributed by atoms with van der Waals surface area (Å²) in [6.07, 6.45) is 1.31. The highest BCUT2D eigenvalue weighted by Gasteiger charge is 2.18. The number of carbonyl (C=O) groups is 1. The zero-order valence-electron chi connectivity index (χ0n) is 13.9. The van der Waals surface area contributed by atoms with Gasteiger partial charge in [0, 0.05) is 50.8 Å². The Morgan fingerprint density at radius 3 is 2.43 bits per heavy atom. The lowest BCUT2D eigenvalue weighted by molar-refractivity contribution is -0.111. The van der Waals surface area contributed by atoms with E-state index in [4.69, 9.17) is 21.1 Å². The minimum Gasteiger partial charge on any atom is -0.497 e. The van der Waals surface area contributed by atoms with E-state index < -0.39 is 0 Å². The largest absolute Gasteiger partial charge is 0.497 e. The van der Waals surface area contributed by atoms with Crippen LogP contribution in [0.1, 0.15) is 18.4 Å². The predicted octanol–water partition coefficient (Wildman–Crippen LogP) is 2.37. The Balaban J connectivity index is 1.81. The highest BCUT2D eigenvalue weighted by molar-refractivity contribution is 6.63. The average molecular weight is 341 g/mol. The van der Waals surface area contributed by atoms with E-state index in [1.807, 2.05) is 12.1 Å². The Bertz CT molecular complexity index is 517. The van der Waals surface area contributed by atoms with E-state index in [9.17, 15) is 4.79 Å². The molecule has 128 valence electrons. The summed E-state index contributed by atoms with van der Waals surface area (Å²) in [5.41, 5.74) is 1.18. The number of hydrogen-bond acceptors (Lipinski definition) is 5. The first-order valence-corrected chi connectivity index (χ1v) is 8.34. The van der Waals surface area contributed by atoms with Crippen molar-refractivity contribution in [2.75, 3.05) is 46.9 Å². The van der Waals surface area contributed by atoms with Crippen molar-refractivity contribution in [1.29, 1.82) is 0 Å². The Labute approximate surface area is 143 Å². The molecule has 0 N–H and O–H groups in total. The molecule has 0 atom stereocenters. The summed E-state index contributed by atoms with van der Waals surface area (Å²) in [4.78, 5) is 15.6. The van der Waals surface area contributed by atoms with Gasteiger partial charge in [-0.2, -0.15) is 0 Å². The van der Waals surface area contributed by atoms with E-state index in [0.29, 0.717) is 6.42 Å². The van der Waals surface area contributed by atoms with Crippen LogP contribution in [0.3, 0.4) is 0 Å². The van der Waals surface area contributed by atoms with Crippen LogP contribution >= 0.6 is 11.6 Å². The Morgan fingerprint density at radius 2 is 1.83 bits per heavy atom. The molecule has 23 heavy (non-hydrogen) atoms. The van der Waals surface area contributed by atoms with Crippen molar-refractivity contribution in [3.05, 3.63) is 23.8 Å². The van der Waals surface area contributed by atoms with Gasteiger partial charge in [0.15, 0.2) is 0 Å². The van der Waals surface area contributed by atoms with Crippen LogP contribution in [0.5, 0.6) is 11.5 Å². The summed E-state index contributed by atoms with van der Waals surface area (Å²) in [6, 6.07) is 5.96. The molecule has 2 rings (SSSR count). The Hall–Kier alpha value is -1.30. The summed E-state index contributed by atoms with van der Waals surface area (Å²) in [5, 5.41) is -0.241. The zero-order valence-corrected chi connectivity index (χ0v) is 14.6. The predicted molar refractivity (Wildman–Crippen MR) is 91.4 cm³/mol. The zero-order chi connectivity index (χ0) is 16.7. The minimum absolute atomic E-state index is 0.241. The third-order valence-electron chi connectivity index (χ3n) is 4.20. The number of benzene rings is 1. The number of piperazine rings is 1. The van der Waals surface area contributed by atoms with Gasteiger partial charge >= 0.3 is 0 Å². The fraction of sp³-hybridized carbons (Fsp3) is 0.588. The SMILES string of the molecule is COc1ccc(CN2CCN(CCCC(=O)Cl)CC2)c(OC)c1. The van der Waals surface area contributed by atoms with Crippen LogP contribution in [0.25, 0.3) is 0 Å². The highest BCUT2D eigenvalue weighted by Crippen LogP contribution is 2.26. The molecule has 1 heterocycles. The van der Waals surface area contributed by atoms with Gasteiger partial charge in [-0.15, -0.1) is 0 Å². The molecule has 1 aromatic rings. The first-order chi connectivity index (χ1) is 11.1. The number of halogens is 1. The number of ether oxygens (including phenoxy) is 2. The van der Waals surface area contributed by atoms with Crippen molar-refractivity contribution in [3.8, 4) is 11.5 Å². The van der Waals surface area contributed by atoms with Crippen LogP contribution in [0.2, 0.25) is 0 Å². The Morgan fingerprint density at radius 1 is 1.13 bits per heavy atom. The van der Waals surface area contributed by atoms with E-state index in [0.717, 1.165) is 57.2 Å². The monoisotopic (exact) mass is 340 g/mol. The van der Waals surface area contributed by atoms with Crippen molar-refractivity contribution in [2.45, 2.75) is 19.4 Å². The molecule has 1 aliphatic rings. The third-order valence-corrected chi connectivity index (χ3v) is 4.39. The van der Waals surface area contributed by atoms with Gasteiger partial charge in [0.05, 0.1) is 14.2 Å². The van der Waals surface area contributed by atoms with Crippen LogP contribution in [0.4, 0.5) is 0 Å². The van der Waals surface area contributed by atoms with Crippen LogP contribution in [-0.2, 0) is 11.3 Å². The number of methoxy groups -OCH3 is 2. The van der Waals surface area contributed by atoms with E-state index in [1.165, 1.54) is 5.56 Å². The second kappa shape index (κ2) is 9.11. The van der Waals surface area contributed by atoms with Gasteiger partial charge in [0.25, 0.3) is 0 Å². The molecule has 0 spiro atoms. The Kier molecular flexibility index (Phi) is 7.15. The molecular weight excluding hydrogens is 316 g/mol. The molecule has 1 aliphatic heterocycles. The first-order valence-electron chi connectivity index (χ1n) is 7.96. The molecule has 1 saturated heterocycles. The van der Waals surface area contributed by atoms with Gasteiger partial charge in [0.1, 0.15) is 11.5 Å². The molecular formula is C17H25ClN2O3. The molecule has 1 aromatic carbocycles. The van der Waals surface area contributed by atoms with Gasteiger partial charge in [-0.1, -0.05) is 6.07 Å². The van der Waals surface area contributed by atoms with E-state index >= 15 is 0 Å². The van der Waals surface area contributed by atoms with Crippen LogP contribution < -0.4 is 9.47 Å². The molecule has 0 saturated carbocycles. The van der Waals surface area contributed by atoms with Crippen molar-refractivity contribution in [2.24, 2.45) is 0 Å². The summed E-state index contributed by atoms with van der Waals surface area (Å²) in [7, 11) is 3.35. The van der Waals surface area contributed by atoms with E-state index in [1.54, 1.807) is 14.2 Å². The summed E-state index contributed by atoms with van der Waals surface area (Å²) >= 11 is 5.37. The quantitative estimate of drug-likeness (QED) is 0.680. The number of nitrogens with zero attached hydrogens (tertiary/aromatic N) is 2. The molecule has 0 radical (unpaired) electrons. The van der Waals surface area contributed by atoms with Crippen LogP contribution in [0, 0.1) is 0 Å². The fourth-order valence-electron chi connectivity index (χ4n) is 2.84. The van der Waals surface area contributed by atoms with Crippen molar-refractivity contribution in [3.63, 3.8) is 0 Å². The molecule has 6 heteroatoms. The smallest absolute Gasteiger partial charge is 0.221 e. The van der Waals surface area contributed by atoms with Crippen molar-refractivity contribution in [1.82, 2.24) is 9.80 Å². The van der Waals surface area contributed by atoms with Crippen LogP contribution in [-0.4, -0.2) is 62.0 Å². The molecule has 0 aliphatic carbocycles. The highest BCUT2D eigenvalue weighted by atomic mass is 35.5. The molecule has 0 bridgehead atoms. The molecule has 0 unspecified atom stereocenters. The minimum atomic E-state index is -0.241. The summed E-state index contributed by atoms with van der Waals surface area (Å²) < 4.78 is 10.7. The average Bonchev–Trinajstić information content (AvgIpc) is 2.56. The topological polar surface area (TPSA) is 42.0 Å². The van der Waals surface area contributed by atoms with Crippen molar-refractivity contribution < 1.29 is 14.3 Å². The molecule has 0 aromatic heterocycles.